The van der Waals surface area contributed by atoms with Crippen molar-refractivity contribution >= 4 is 47.6 Å². The van der Waals surface area contributed by atoms with E-state index in [0.717, 1.165) is 107 Å². The number of phenolic OH excluding ortho intramolecular Hbond substituents is 2. The molecular formula is C57H75ClN2O13S2. The van der Waals surface area contributed by atoms with Gasteiger partial charge in [-0.1, -0.05) is 39.0 Å². The Balaban J connectivity index is 0.000000132. The number of hydrogen-bond donors (Lipinski definition) is 4. The fraction of sp³-hybridized carbons (Fsp3) is 0.632. The molecule has 6 fully saturated rings. The summed E-state index contributed by atoms with van der Waals surface area (Å²) >= 11 is 0. The van der Waals surface area contributed by atoms with Gasteiger partial charge in [0.05, 0.1) is 18.3 Å². The van der Waals surface area contributed by atoms with Crippen molar-refractivity contribution in [1.82, 2.24) is 0 Å². The van der Waals surface area contributed by atoms with Crippen molar-refractivity contribution in [2.45, 2.75) is 174 Å². The Morgan fingerprint density at radius 3 is 1.16 bits per heavy atom. The van der Waals surface area contributed by atoms with Gasteiger partial charge in [0.15, 0.2) is 0 Å². The van der Waals surface area contributed by atoms with Gasteiger partial charge in [0.2, 0.25) is 0 Å². The van der Waals surface area contributed by atoms with Crippen LogP contribution in [0.15, 0.2) is 54.6 Å². The molecule has 0 amide bonds. The van der Waals surface area contributed by atoms with Crippen LogP contribution in [0, 0.1) is 51.8 Å². The van der Waals surface area contributed by atoms with E-state index in [9.17, 15) is 41.4 Å². The van der Waals surface area contributed by atoms with Crippen molar-refractivity contribution in [3.63, 3.8) is 0 Å². The fourth-order valence-electron chi connectivity index (χ4n) is 16.4. The molecule has 6 saturated carbocycles. The summed E-state index contributed by atoms with van der Waals surface area (Å²) < 4.78 is 63.9. The summed E-state index contributed by atoms with van der Waals surface area (Å²) in [6.45, 7) is 12.8. The lowest BCUT2D eigenvalue weighted by atomic mass is 9.51. The monoisotopic (exact) mass is 1090 g/mol. The van der Waals surface area contributed by atoms with E-state index in [1.54, 1.807) is 36.4 Å². The molecule has 15 atom stereocenters. The molecule has 75 heavy (non-hydrogen) atoms. The Morgan fingerprint density at radius 2 is 0.840 bits per heavy atom. The van der Waals surface area contributed by atoms with Crippen LogP contribution in [-0.2, 0) is 33.9 Å². The molecule has 6 N–H and O–H groups in total. The molecule has 3 unspecified atom stereocenters. The van der Waals surface area contributed by atoms with Crippen molar-refractivity contribution in [2.75, 3.05) is 0 Å². The molecule has 410 valence electrons. The average Bonchev–Trinajstić information content (AvgIpc) is 3.34. The first-order valence-corrected chi connectivity index (χ1v) is 30.9. The van der Waals surface area contributed by atoms with Crippen LogP contribution in [0.3, 0.4) is 0 Å². The maximum Gasteiger partial charge on any atom is 0.380 e. The molecule has 12 rings (SSSR count). The highest BCUT2D eigenvalue weighted by molar-refractivity contribution is 8.11. The second-order valence-electron chi connectivity index (χ2n) is 23.9. The van der Waals surface area contributed by atoms with Gasteiger partial charge in [0, 0.05) is 82.1 Å². The first-order chi connectivity index (χ1) is 35.2. The number of Topliss-reactive ketones (excluding diaryl/α,β-unsaturated/α-hetero) is 3. The second-order valence-corrected chi connectivity index (χ2v) is 27.2. The summed E-state index contributed by atoms with van der Waals surface area (Å²) in [5.74, 6) is 7.92. The number of phenols is 2. The molecule has 18 heteroatoms. The van der Waals surface area contributed by atoms with Gasteiger partial charge in [-0.3, -0.25) is 14.4 Å². The van der Waals surface area contributed by atoms with Crippen molar-refractivity contribution < 1.29 is 59.8 Å². The zero-order chi connectivity index (χ0) is 54.2. The lowest BCUT2D eigenvalue weighted by molar-refractivity contribution is -0.144. The molecule has 0 bridgehead atoms. The molecule has 0 saturated heterocycles. The number of ether oxygens (including phenoxy) is 3. The third kappa shape index (κ3) is 10.8. The summed E-state index contributed by atoms with van der Waals surface area (Å²) in [5, 5.41) is 28.5. The topological polar surface area (TPSA) is 249 Å². The molecule has 3 aromatic rings. The van der Waals surface area contributed by atoms with Gasteiger partial charge in [-0.25, -0.2) is 5.14 Å². The number of hydrogen-bond acceptors (Lipinski definition) is 13. The normalized spacial score (nSPS) is 36.9. The molecule has 0 aromatic heterocycles. The van der Waals surface area contributed by atoms with Crippen LogP contribution in [0.1, 0.15) is 172 Å². The zero-order valence-corrected chi connectivity index (χ0v) is 46.4. The molecule has 0 radical (unpaired) electrons. The molecule has 3 aliphatic heterocycles. The maximum absolute atomic E-state index is 12.6. The average molecular weight is 1100 g/mol. The minimum atomic E-state index is -4.06. The Bertz CT molecular complexity index is 2820. The van der Waals surface area contributed by atoms with Crippen LogP contribution in [0.25, 0.3) is 0 Å². The van der Waals surface area contributed by atoms with Gasteiger partial charge >= 0.3 is 10.3 Å². The number of fused-ring (bicyclic) bond motifs is 15. The van der Waals surface area contributed by atoms with E-state index in [1.807, 2.05) is 18.2 Å². The van der Waals surface area contributed by atoms with E-state index in [-0.39, 0.29) is 51.8 Å². The predicted molar refractivity (Wildman–Crippen MR) is 283 cm³/mol. The second kappa shape index (κ2) is 20.8. The Hall–Kier alpha value is -4.42. The summed E-state index contributed by atoms with van der Waals surface area (Å²) in [6.07, 6.45) is 14.7. The van der Waals surface area contributed by atoms with Gasteiger partial charge < -0.3 is 28.6 Å². The molecular weight excluding hydrogens is 1020 g/mol. The highest BCUT2D eigenvalue weighted by Gasteiger charge is 2.58. The summed E-state index contributed by atoms with van der Waals surface area (Å²) in [7, 11) is -3.48. The van der Waals surface area contributed by atoms with Crippen LogP contribution >= 0.6 is 10.7 Å². The Labute approximate surface area is 446 Å². The van der Waals surface area contributed by atoms with E-state index in [4.69, 9.17) is 23.5 Å². The SMILES string of the molecule is CC1Oc2cc(O)ccc2[C@H]2CC[C@]3(C)C(=O)CCC[C@H]3[C@@H]12.CC1Oc2cc(O)ccc2[C@H]2CC[C@]3(C)C(=O)CCC[C@H]3[C@@H]12.CC1Oc2cc(OS(N)(=O)=O)ccc2[C@H]2CC[C@]3(C)C(=O)CCC[C@H]3[C@@H]12.NS(=O)(=O)Cl. The van der Waals surface area contributed by atoms with E-state index < -0.39 is 19.5 Å². The Kier molecular flexibility index (Phi) is 15.3. The number of halogens is 1. The minimum Gasteiger partial charge on any atom is -0.508 e. The van der Waals surface area contributed by atoms with Crippen LogP contribution in [0.2, 0.25) is 0 Å². The first-order valence-electron chi connectivity index (χ1n) is 27.0. The summed E-state index contributed by atoms with van der Waals surface area (Å²) in [4.78, 5) is 37.7. The van der Waals surface area contributed by atoms with Crippen molar-refractivity contribution in [3.8, 4) is 34.5 Å². The molecule has 0 spiro atoms. The number of benzene rings is 3. The zero-order valence-electron chi connectivity index (χ0n) is 44.0. The third-order valence-corrected chi connectivity index (χ3v) is 20.2. The maximum atomic E-state index is 12.6. The van der Waals surface area contributed by atoms with Gasteiger partial charge in [0.1, 0.15) is 51.8 Å². The van der Waals surface area contributed by atoms with Gasteiger partial charge in [-0.15, -0.1) is 0 Å². The van der Waals surface area contributed by atoms with E-state index >= 15 is 0 Å². The van der Waals surface area contributed by atoms with E-state index in [0.29, 0.717) is 82.8 Å². The van der Waals surface area contributed by atoms with Crippen LogP contribution in [-0.4, -0.2) is 62.7 Å². The molecule has 9 aliphatic rings. The number of carbonyl (C=O) groups is 3. The largest absolute Gasteiger partial charge is 0.508 e. The van der Waals surface area contributed by atoms with Crippen LogP contribution in [0.5, 0.6) is 34.5 Å². The van der Waals surface area contributed by atoms with Crippen molar-refractivity contribution in [2.24, 2.45) is 62.0 Å². The molecule has 15 nitrogen and oxygen atoms in total. The number of nitrogens with two attached hydrogens (primary N) is 2. The lowest BCUT2D eigenvalue weighted by Gasteiger charge is -2.54. The van der Waals surface area contributed by atoms with Crippen LogP contribution in [0.4, 0.5) is 0 Å². The smallest absolute Gasteiger partial charge is 0.380 e. The first kappa shape index (κ1) is 55.3. The predicted octanol–water partition coefficient (Wildman–Crippen LogP) is 10.4. The van der Waals surface area contributed by atoms with Gasteiger partial charge in [-0.05, 0) is 168 Å². The van der Waals surface area contributed by atoms with E-state index in [1.165, 1.54) is 11.1 Å². The third-order valence-electron chi connectivity index (χ3n) is 19.8. The highest BCUT2D eigenvalue weighted by Crippen LogP contribution is 2.62. The lowest BCUT2D eigenvalue weighted by Crippen LogP contribution is -2.53. The standard InChI is InChI=1S/C19H25NO5S.2C19H24O3.ClH2NO2S/c1-11-18-14(8-9-19(2)15(18)4-3-5-17(19)21)13-7-6-12(10-16(13)24-11)25-26(20,22)23;2*1-11-18-14(13-7-6-12(20)10-16(13)22-11)8-9-19(2)15(18)4-3-5-17(19)21;1-5(2,3)4/h6-7,10-11,14-15,18H,3-5,8-9H2,1-2H3,(H2,20,22,23);2*6-7,10-11,14-15,18,20H,3-5,8-9H2,1-2H3;(H2,2,3,4)/t3*11?,14-,15+,18+,19+;/m111./s1. The van der Waals surface area contributed by atoms with Crippen molar-refractivity contribution in [3.05, 3.63) is 71.3 Å². The number of ketones is 3. The molecule has 6 aliphatic carbocycles. The number of rotatable bonds is 2. The fourth-order valence-corrected chi connectivity index (χ4v) is 16.7. The van der Waals surface area contributed by atoms with E-state index in [2.05, 4.69) is 57.4 Å². The molecule has 3 heterocycles. The highest BCUT2D eigenvalue weighted by atomic mass is 35.7. The number of carbonyl (C=O) groups excluding carboxylic acids is 3. The molecule has 3 aromatic carbocycles. The van der Waals surface area contributed by atoms with Crippen LogP contribution < -0.4 is 28.7 Å². The summed E-state index contributed by atoms with van der Waals surface area (Å²) in [6, 6.07) is 16.1. The van der Waals surface area contributed by atoms with Crippen molar-refractivity contribution in [1.29, 1.82) is 0 Å². The summed E-state index contributed by atoms with van der Waals surface area (Å²) in [5.41, 5.74) is 3.00. The quantitative estimate of drug-likeness (QED) is 0.175. The number of aromatic hydroxyl groups is 2. The minimum absolute atomic E-state index is 0.0345. The Morgan fingerprint density at radius 1 is 0.533 bits per heavy atom. The van der Waals surface area contributed by atoms with Gasteiger partial charge in [-0.2, -0.15) is 22.0 Å². The van der Waals surface area contributed by atoms with Gasteiger partial charge in [0.25, 0.3) is 9.24 Å².